The second kappa shape index (κ2) is 4.73. The van der Waals surface area contributed by atoms with Crippen molar-refractivity contribution >= 4 is 0 Å². The fraction of sp³-hybridized carbons (Fsp3) is 0.273. The minimum Gasteiger partial charge on any atom is -0.389 e. The molecule has 63 valence electrons. The van der Waals surface area contributed by atoms with Crippen LogP contribution in [0.5, 0.6) is 0 Å². The molecule has 0 aliphatic rings. The van der Waals surface area contributed by atoms with Crippen LogP contribution in [0.2, 0.25) is 0 Å². The van der Waals surface area contributed by atoms with E-state index >= 15 is 0 Å². The first-order valence-corrected chi connectivity index (χ1v) is 4.10. The normalized spacial score (nSPS) is 12.4. The number of benzene rings is 1. The van der Waals surface area contributed by atoms with E-state index in [9.17, 15) is 0 Å². The molecule has 1 rings (SSSR count). The molecule has 1 nitrogen and oxygen atoms in total. The SMILES string of the molecule is [CH]=CC(O)CCc1ccccc1. The molecule has 1 heteroatoms. The van der Waals surface area contributed by atoms with Gasteiger partial charge in [0, 0.05) is 0 Å². The van der Waals surface area contributed by atoms with Crippen molar-refractivity contribution in [2.24, 2.45) is 0 Å². The van der Waals surface area contributed by atoms with E-state index < -0.39 is 6.10 Å². The number of rotatable bonds is 4. The van der Waals surface area contributed by atoms with E-state index in [2.05, 4.69) is 0 Å². The van der Waals surface area contributed by atoms with Crippen LogP contribution in [0.1, 0.15) is 12.0 Å². The van der Waals surface area contributed by atoms with Gasteiger partial charge in [-0.05, 0) is 18.4 Å². The zero-order chi connectivity index (χ0) is 8.81. The molecule has 1 aromatic rings. The molecule has 0 saturated heterocycles. The molecule has 1 unspecified atom stereocenters. The lowest BCUT2D eigenvalue weighted by Crippen LogP contribution is -2.02. The van der Waals surface area contributed by atoms with Gasteiger partial charge < -0.3 is 5.11 Å². The summed E-state index contributed by atoms with van der Waals surface area (Å²) in [6.07, 6.45) is 2.41. The molecule has 0 aliphatic heterocycles. The lowest BCUT2D eigenvalue weighted by Gasteiger charge is -2.03. The van der Waals surface area contributed by atoms with Crippen LogP contribution in [0.3, 0.4) is 0 Å². The predicted octanol–water partition coefficient (Wildman–Crippen LogP) is 1.97. The summed E-state index contributed by atoms with van der Waals surface area (Å²) in [5, 5.41) is 9.14. The fourth-order valence-corrected chi connectivity index (χ4v) is 1.06. The lowest BCUT2D eigenvalue weighted by molar-refractivity contribution is 0.213. The first-order chi connectivity index (χ1) is 5.83. The monoisotopic (exact) mass is 161 g/mol. The average Bonchev–Trinajstić information content (AvgIpc) is 2.16. The Morgan fingerprint density at radius 2 is 2.00 bits per heavy atom. The summed E-state index contributed by atoms with van der Waals surface area (Å²) in [7, 11) is 0. The van der Waals surface area contributed by atoms with Crippen LogP contribution in [0.4, 0.5) is 0 Å². The van der Waals surface area contributed by atoms with Crippen LogP contribution in [-0.4, -0.2) is 11.2 Å². The third-order valence-electron chi connectivity index (χ3n) is 1.79. The van der Waals surface area contributed by atoms with Gasteiger partial charge in [-0.1, -0.05) is 43.0 Å². The van der Waals surface area contributed by atoms with Crippen LogP contribution in [0.15, 0.2) is 36.4 Å². The Balaban J connectivity index is 2.38. The molecule has 0 bridgehead atoms. The Bertz CT molecular complexity index is 228. The maximum Gasteiger partial charge on any atom is 0.0727 e. The highest BCUT2D eigenvalue weighted by Gasteiger charge is 1.97. The van der Waals surface area contributed by atoms with Crippen LogP contribution < -0.4 is 0 Å². The van der Waals surface area contributed by atoms with Crippen molar-refractivity contribution in [3.8, 4) is 0 Å². The Hall–Kier alpha value is -1.08. The second-order valence-electron chi connectivity index (χ2n) is 2.78. The van der Waals surface area contributed by atoms with E-state index in [1.54, 1.807) is 0 Å². The van der Waals surface area contributed by atoms with Crippen molar-refractivity contribution in [2.45, 2.75) is 18.9 Å². The number of hydrogen-bond acceptors (Lipinski definition) is 1. The zero-order valence-electron chi connectivity index (χ0n) is 6.98. The molecule has 0 amide bonds. The summed E-state index contributed by atoms with van der Waals surface area (Å²) in [6, 6.07) is 10.1. The van der Waals surface area contributed by atoms with Crippen molar-refractivity contribution in [2.75, 3.05) is 0 Å². The largest absolute Gasteiger partial charge is 0.389 e. The maximum absolute atomic E-state index is 9.14. The van der Waals surface area contributed by atoms with Gasteiger partial charge in [0.2, 0.25) is 0 Å². The first-order valence-electron chi connectivity index (χ1n) is 4.10. The van der Waals surface area contributed by atoms with Crippen LogP contribution in [0, 0.1) is 6.58 Å². The Morgan fingerprint density at radius 3 is 2.58 bits per heavy atom. The molecule has 1 radical (unpaired) electrons. The van der Waals surface area contributed by atoms with Crippen molar-refractivity contribution in [1.29, 1.82) is 0 Å². The maximum atomic E-state index is 9.14. The Kier molecular flexibility index (Phi) is 3.55. The van der Waals surface area contributed by atoms with Crippen LogP contribution in [0.25, 0.3) is 0 Å². The molecule has 0 spiro atoms. The zero-order valence-corrected chi connectivity index (χ0v) is 6.98. The standard InChI is InChI=1S/C11H13O/c1-2-11(12)9-8-10-6-4-3-5-7-10/h1-7,11-12H,8-9H2. The summed E-state index contributed by atoms with van der Waals surface area (Å²) in [5.74, 6) is 0. The molecule has 12 heavy (non-hydrogen) atoms. The summed E-state index contributed by atoms with van der Waals surface area (Å²) in [6.45, 7) is 5.16. The van der Waals surface area contributed by atoms with Gasteiger partial charge in [0.15, 0.2) is 0 Å². The van der Waals surface area contributed by atoms with Crippen molar-refractivity contribution in [3.05, 3.63) is 48.6 Å². The minimum atomic E-state index is -0.481. The molecule has 0 aliphatic carbocycles. The number of aliphatic hydroxyl groups is 1. The number of aliphatic hydroxyl groups excluding tert-OH is 1. The van der Waals surface area contributed by atoms with E-state index in [1.165, 1.54) is 11.6 Å². The fourth-order valence-electron chi connectivity index (χ4n) is 1.06. The van der Waals surface area contributed by atoms with Crippen molar-refractivity contribution in [1.82, 2.24) is 0 Å². The minimum absolute atomic E-state index is 0.481. The van der Waals surface area contributed by atoms with Gasteiger partial charge in [-0.25, -0.2) is 0 Å². The highest BCUT2D eigenvalue weighted by molar-refractivity contribution is 5.14. The molecule has 1 N–H and O–H groups in total. The molecule has 0 saturated carbocycles. The van der Waals surface area contributed by atoms with Gasteiger partial charge in [0.25, 0.3) is 0 Å². The number of hydrogen-bond donors (Lipinski definition) is 1. The Labute approximate surface area is 73.4 Å². The molecule has 0 heterocycles. The lowest BCUT2D eigenvalue weighted by atomic mass is 10.1. The van der Waals surface area contributed by atoms with E-state index in [0.29, 0.717) is 6.42 Å². The van der Waals surface area contributed by atoms with E-state index in [4.69, 9.17) is 11.7 Å². The van der Waals surface area contributed by atoms with Gasteiger partial charge in [-0.15, -0.1) is 0 Å². The molecular weight excluding hydrogens is 148 g/mol. The van der Waals surface area contributed by atoms with Gasteiger partial charge in [0.1, 0.15) is 0 Å². The molecule has 0 fully saturated rings. The third kappa shape index (κ3) is 2.89. The highest BCUT2D eigenvalue weighted by atomic mass is 16.3. The van der Waals surface area contributed by atoms with Gasteiger partial charge in [-0.2, -0.15) is 0 Å². The summed E-state index contributed by atoms with van der Waals surface area (Å²) >= 11 is 0. The third-order valence-corrected chi connectivity index (χ3v) is 1.79. The molecule has 0 aromatic heterocycles. The average molecular weight is 161 g/mol. The second-order valence-corrected chi connectivity index (χ2v) is 2.78. The highest BCUT2D eigenvalue weighted by Crippen LogP contribution is 2.04. The van der Waals surface area contributed by atoms with Crippen LogP contribution in [-0.2, 0) is 6.42 Å². The molecule has 1 aromatic carbocycles. The quantitative estimate of drug-likeness (QED) is 0.715. The summed E-state index contributed by atoms with van der Waals surface area (Å²) in [5.41, 5.74) is 1.23. The van der Waals surface area contributed by atoms with E-state index in [-0.39, 0.29) is 0 Å². The first kappa shape index (κ1) is 9.01. The van der Waals surface area contributed by atoms with Gasteiger partial charge in [-0.3, -0.25) is 0 Å². The molecule has 1 atom stereocenters. The van der Waals surface area contributed by atoms with Gasteiger partial charge >= 0.3 is 0 Å². The van der Waals surface area contributed by atoms with Crippen molar-refractivity contribution in [3.63, 3.8) is 0 Å². The van der Waals surface area contributed by atoms with E-state index in [0.717, 1.165) is 6.42 Å². The van der Waals surface area contributed by atoms with Crippen molar-refractivity contribution < 1.29 is 5.11 Å². The number of aryl methyl sites for hydroxylation is 1. The van der Waals surface area contributed by atoms with Gasteiger partial charge in [0.05, 0.1) is 6.10 Å². The van der Waals surface area contributed by atoms with E-state index in [1.807, 2.05) is 30.3 Å². The summed E-state index contributed by atoms with van der Waals surface area (Å²) in [4.78, 5) is 0. The smallest absolute Gasteiger partial charge is 0.0727 e. The predicted molar refractivity (Wildman–Crippen MR) is 49.6 cm³/mol. The molecular formula is C11H13O. The van der Waals surface area contributed by atoms with Crippen LogP contribution >= 0.6 is 0 Å². The topological polar surface area (TPSA) is 20.2 Å². The Morgan fingerprint density at radius 1 is 1.33 bits per heavy atom. The summed E-state index contributed by atoms with van der Waals surface area (Å²) < 4.78 is 0.